The van der Waals surface area contributed by atoms with Crippen molar-refractivity contribution in [2.24, 2.45) is 17.8 Å². The Hall–Kier alpha value is -0.0400. The Labute approximate surface area is 102 Å². The predicted octanol–water partition coefficient (Wildman–Crippen LogP) is 4.23. The Morgan fingerprint density at radius 2 is 1.88 bits per heavy atom. The van der Waals surface area contributed by atoms with E-state index < -0.39 is 0 Å². The first-order valence-corrected chi connectivity index (χ1v) is 7.40. The summed E-state index contributed by atoms with van der Waals surface area (Å²) in [6.07, 6.45) is 8.57. The van der Waals surface area contributed by atoms with Crippen molar-refractivity contribution < 1.29 is 0 Å². The smallest absolute Gasteiger partial charge is 0.00954 e. The average Bonchev–Trinajstić information content (AvgIpc) is 2.72. The van der Waals surface area contributed by atoms with Gasteiger partial charge in [-0.05, 0) is 50.0 Å². The predicted molar refractivity (Wildman–Crippen MR) is 72.7 cm³/mol. The minimum absolute atomic E-state index is 0.795. The number of hydrogen-bond donors (Lipinski definition) is 1. The zero-order chi connectivity index (χ0) is 12.0. The van der Waals surface area contributed by atoms with Crippen molar-refractivity contribution in [1.29, 1.82) is 0 Å². The standard InChI is InChI=1S/C15H31N/c1-5-13-8-9-14(11-13)15(16-6-2)10-7-12(3)4/h12-16H,5-11H2,1-4H3. The van der Waals surface area contributed by atoms with Gasteiger partial charge in [-0.15, -0.1) is 0 Å². The first kappa shape index (κ1) is 14.0. The highest BCUT2D eigenvalue weighted by atomic mass is 14.9. The first-order chi connectivity index (χ1) is 7.67. The summed E-state index contributed by atoms with van der Waals surface area (Å²) in [4.78, 5) is 0. The minimum Gasteiger partial charge on any atom is -0.314 e. The van der Waals surface area contributed by atoms with Crippen LogP contribution in [0.2, 0.25) is 0 Å². The van der Waals surface area contributed by atoms with Crippen molar-refractivity contribution in [3.63, 3.8) is 0 Å². The van der Waals surface area contributed by atoms with Gasteiger partial charge in [0.25, 0.3) is 0 Å². The Morgan fingerprint density at radius 1 is 1.12 bits per heavy atom. The van der Waals surface area contributed by atoms with Gasteiger partial charge in [0, 0.05) is 6.04 Å². The number of rotatable bonds is 7. The summed E-state index contributed by atoms with van der Waals surface area (Å²) in [5.41, 5.74) is 0. The Bertz CT molecular complexity index is 176. The highest BCUT2D eigenvalue weighted by Gasteiger charge is 2.29. The molecular weight excluding hydrogens is 194 g/mol. The van der Waals surface area contributed by atoms with E-state index in [2.05, 4.69) is 33.0 Å². The quantitative estimate of drug-likeness (QED) is 0.684. The van der Waals surface area contributed by atoms with Crippen LogP contribution in [-0.4, -0.2) is 12.6 Å². The van der Waals surface area contributed by atoms with Crippen molar-refractivity contribution in [2.75, 3.05) is 6.54 Å². The van der Waals surface area contributed by atoms with Crippen molar-refractivity contribution in [3.05, 3.63) is 0 Å². The molecule has 0 aromatic carbocycles. The Balaban J connectivity index is 2.37. The van der Waals surface area contributed by atoms with Crippen LogP contribution in [0, 0.1) is 17.8 Å². The maximum atomic E-state index is 3.72. The van der Waals surface area contributed by atoms with E-state index in [0.29, 0.717) is 0 Å². The van der Waals surface area contributed by atoms with Gasteiger partial charge in [-0.1, -0.05) is 40.5 Å². The third kappa shape index (κ3) is 4.45. The number of nitrogens with one attached hydrogen (secondary N) is 1. The summed E-state index contributed by atoms with van der Waals surface area (Å²) in [5, 5.41) is 3.72. The minimum atomic E-state index is 0.795. The summed E-state index contributed by atoms with van der Waals surface area (Å²) in [5.74, 6) is 2.83. The van der Waals surface area contributed by atoms with Crippen LogP contribution in [0.4, 0.5) is 0 Å². The van der Waals surface area contributed by atoms with E-state index in [1.165, 1.54) is 38.5 Å². The van der Waals surface area contributed by atoms with Gasteiger partial charge in [0.2, 0.25) is 0 Å². The molecule has 0 heterocycles. The molecule has 0 aromatic rings. The topological polar surface area (TPSA) is 12.0 Å². The average molecular weight is 225 g/mol. The van der Waals surface area contributed by atoms with E-state index >= 15 is 0 Å². The maximum absolute atomic E-state index is 3.72. The first-order valence-electron chi connectivity index (χ1n) is 7.40. The zero-order valence-corrected chi connectivity index (χ0v) is 11.8. The van der Waals surface area contributed by atoms with Crippen molar-refractivity contribution in [3.8, 4) is 0 Å². The van der Waals surface area contributed by atoms with Gasteiger partial charge in [0.05, 0.1) is 0 Å². The molecule has 3 unspecified atom stereocenters. The van der Waals surface area contributed by atoms with E-state index in [9.17, 15) is 0 Å². The van der Waals surface area contributed by atoms with Crippen LogP contribution in [0.3, 0.4) is 0 Å². The highest BCUT2D eigenvalue weighted by Crippen LogP contribution is 2.36. The monoisotopic (exact) mass is 225 g/mol. The Kier molecular flexibility index (Phi) is 6.41. The molecule has 1 nitrogen and oxygen atoms in total. The van der Waals surface area contributed by atoms with E-state index in [1.807, 2.05) is 0 Å². The van der Waals surface area contributed by atoms with Crippen LogP contribution in [0.15, 0.2) is 0 Å². The summed E-state index contributed by atoms with van der Waals surface area (Å²) in [6, 6.07) is 0.795. The fourth-order valence-electron chi connectivity index (χ4n) is 3.13. The lowest BCUT2D eigenvalue weighted by molar-refractivity contribution is 0.316. The Morgan fingerprint density at radius 3 is 2.38 bits per heavy atom. The third-order valence-electron chi connectivity index (χ3n) is 4.25. The molecule has 1 N–H and O–H groups in total. The molecule has 16 heavy (non-hydrogen) atoms. The lowest BCUT2D eigenvalue weighted by Crippen LogP contribution is -2.35. The van der Waals surface area contributed by atoms with Crippen molar-refractivity contribution >= 4 is 0 Å². The van der Waals surface area contributed by atoms with Crippen LogP contribution in [-0.2, 0) is 0 Å². The lowest BCUT2D eigenvalue weighted by atomic mass is 9.90. The molecule has 0 bridgehead atoms. The second-order valence-electron chi connectivity index (χ2n) is 5.98. The van der Waals surface area contributed by atoms with Crippen molar-refractivity contribution in [1.82, 2.24) is 5.32 Å². The maximum Gasteiger partial charge on any atom is 0.00954 e. The molecule has 0 aromatic heterocycles. The molecule has 1 rings (SSSR count). The molecule has 1 saturated carbocycles. The van der Waals surface area contributed by atoms with Gasteiger partial charge in [-0.2, -0.15) is 0 Å². The van der Waals surface area contributed by atoms with E-state index in [-0.39, 0.29) is 0 Å². The molecule has 96 valence electrons. The molecule has 1 aliphatic carbocycles. The molecule has 0 spiro atoms. The molecule has 0 amide bonds. The number of hydrogen-bond acceptors (Lipinski definition) is 1. The highest BCUT2D eigenvalue weighted by molar-refractivity contribution is 4.84. The largest absolute Gasteiger partial charge is 0.314 e. The summed E-state index contributed by atoms with van der Waals surface area (Å²) < 4.78 is 0. The third-order valence-corrected chi connectivity index (χ3v) is 4.25. The summed E-state index contributed by atoms with van der Waals surface area (Å²) >= 11 is 0. The second kappa shape index (κ2) is 7.32. The molecule has 1 aliphatic rings. The summed E-state index contributed by atoms with van der Waals surface area (Å²) in [7, 11) is 0. The van der Waals surface area contributed by atoms with E-state index in [1.54, 1.807) is 0 Å². The van der Waals surface area contributed by atoms with Gasteiger partial charge in [-0.25, -0.2) is 0 Å². The molecule has 0 radical (unpaired) electrons. The van der Waals surface area contributed by atoms with E-state index in [0.717, 1.165) is 30.3 Å². The fraction of sp³-hybridized carbons (Fsp3) is 1.00. The van der Waals surface area contributed by atoms with E-state index in [4.69, 9.17) is 0 Å². The molecule has 1 fully saturated rings. The zero-order valence-electron chi connectivity index (χ0n) is 11.8. The SMILES string of the molecule is CCNC(CCC(C)C)C1CCC(CC)C1. The lowest BCUT2D eigenvalue weighted by Gasteiger charge is -2.25. The van der Waals surface area contributed by atoms with Gasteiger partial charge in [0.1, 0.15) is 0 Å². The molecule has 0 aliphatic heterocycles. The molecular formula is C15H31N. The van der Waals surface area contributed by atoms with Crippen LogP contribution in [0.1, 0.15) is 66.2 Å². The normalized spacial score (nSPS) is 27.6. The van der Waals surface area contributed by atoms with Crippen LogP contribution in [0.25, 0.3) is 0 Å². The van der Waals surface area contributed by atoms with Gasteiger partial charge in [-0.3, -0.25) is 0 Å². The van der Waals surface area contributed by atoms with Crippen molar-refractivity contribution in [2.45, 2.75) is 72.3 Å². The second-order valence-corrected chi connectivity index (χ2v) is 5.98. The van der Waals surface area contributed by atoms with Crippen LogP contribution >= 0.6 is 0 Å². The van der Waals surface area contributed by atoms with Crippen LogP contribution in [0.5, 0.6) is 0 Å². The molecule has 0 saturated heterocycles. The molecule has 3 atom stereocenters. The fourth-order valence-corrected chi connectivity index (χ4v) is 3.13. The van der Waals surface area contributed by atoms with Gasteiger partial charge in [0.15, 0.2) is 0 Å². The van der Waals surface area contributed by atoms with Gasteiger partial charge >= 0.3 is 0 Å². The van der Waals surface area contributed by atoms with Crippen LogP contribution < -0.4 is 5.32 Å². The summed E-state index contributed by atoms with van der Waals surface area (Å²) in [6.45, 7) is 10.4. The molecule has 1 heteroatoms. The van der Waals surface area contributed by atoms with Gasteiger partial charge < -0.3 is 5.32 Å².